The van der Waals surface area contributed by atoms with Crippen LogP contribution in [0.25, 0.3) is 37.7 Å². The third-order valence-electron chi connectivity index (χ3n) is 4.55. The summed E-state index contributed by atoms with van der Waals surface area (Å²) in [4.78, 5) is 21.6. The largest absolute Gasteiger partial charge is 0.477 e. The molecule has 4 aromatic rings. The number of methoxy groups -OCH3 is 4. The minimum Gasteiger partial charge on any atom is -0.477 e. The van der Waals surface area contributed by atoms with E-state index < -0.39 is 0 Å². The number of nitriles is 1. The molecule has 0 amide bonds. The highest BCUT2D eigenvalue weighted by atomic mass is 16.5. The van der Waals surface area contributed by atoms with Crippen LogP contribution in [0.1, 0.15) is 5.56 Å². The first kappa shape index (κ1) is 18.9. The van der Waals surface area contributed by atoms with Crippen LogP contribution in [0.3, 0.4) is 0 Å². The first-order valence-electron chi connectivity index (χ1n) is 8.56. The predicted molar refractivity (Wildman–Crippen MR) is 107 cm³/mol. The van der Waals surface area contributed by atoms with E-state index in [1.807, 2.05) is 6.07 Å². The summed E-state index contributed by atoms with van der Waals surface area (Å²) in [7, 11) is 5.81. The Labute approximate surface area is 170 Å². The molecule has 0 unspecified atom stereocenters. The summed E-state index contributed by atoms with van der Waals surface area (Å²) in [6.07, 6.45) is 0. The zero-order chi connectivity index (χ0) is 21.4. The summed E-state index contributed by atoms with van der Waals surface area (Å²) in [6, 6.07) is 5.22. The van der Waals surface area contributed by atoms with Gasteiger partial charge in [-0.15, -0.1) is 0 Å². The lowest BCUT2D eigenvalue weighted by Crippen LogP contribution is -2.02. The van der Waals surface area contributed by atoms with Crippen LogP contribution in [0.4, 0.5) is 5.69 Å². The monoisotopic (exact) mass is 402 g/mol. The highest BCUT2D eigenvalue weighted by Gasteiger charge is 2.22. The maximum absolute atomic E-state index is 9.49. The van der Waals surface area contributed by atoms with Crippen LogP contribution in [0, 0.1) is 17.9 Å². The molecule has 10 heteroatoms. The molecule has 30 heavy (non-hydrogen) atoms. The molecule has 0 atom stereocenters. The number of ether oxygens (including phenoxy) is 4. The Kier molecular flexibility index (Phi) is 4.53. The van der Waals surface area contributed by atoms with Crippen LogP contribution in [-0.4, -0.2) is 48.4 Å². The van der Waals surface area contributed by atoms with Gasteiger partial charge >= 0.3 is 0 Å². The van der Waals surface area contributed by atoms with Crippen LogP contribution >= 0.6 is 0 Å². The Balaban J connectivity index is 2.34. The van der Waals surface area contributed by atoms with Gasteiger partial charge < -0.3 is 18.9 Å². The van der Waals surface area contributed by atoms with E-state index in [2.05, 4.69) is 24.8 Å². The van der Waals surface area contributed by atoms with Gasteiger partial charge in [0.25, 0.3) is 23.5 Å². The molecule has 0 fully saturated rings. The molecule has 2 aromatic carbocycles. The molecule has 0 radical (unpaired) electrons. The highest BCUT2D eigenvalue weighted by molar-refractivity contribution is 6.21. The van der Waals surface area contributed by atoms with E-state index in [0.29, 0.717) is 32.8 Å². The van der Waals surface area contributed by atoms with E-state index in [0.717, 1.165) is 0 Å². The standard InChI is InChI=1S/C20H14N6O4/c1-22-12-7-11-10(6-9(12)8-21)13-15(25-19(29-4)17(23-13)27-2)16-14(11)24-18(28-3)20(26-16)30-5/h6-7H,2-5H3. The molecule has 0 aliphatic heterocycles. The molecule has 0 saturated carbocycles. The van der Waals surface area contributed by atoms with Crippen molar-refractivity contribution in [2.75, 3.05) is 28.4 Å². The molecule has 2 heterocycles. The van der Waals surface area contributed by atoms with Gasteiger partial charge in [-0.1, -0.05) is 0 Å². The first-order chi connectivity index (χ1) is 14.6. The van der Waals surface area contributed by atoms with E-state index >= 15 is 0 Å². The summed E-state index contributed by atoms with van der Waals surface area (Å²) in [5, 5.41) is 10.6. The number of rotatable bonds is 4. The summed E-state index contributed by atoms with van der Waals surface area (Å²) < 4.78 is 21.2. The van der Waals surface area contributed by atoms with Gasteiger partial charge in [0, 0.05) is 10.8 Å². The van der Waals surface area contributed by atoms with Crippen LogP contribution in [0.5, 0.6) is 23.5 Å². The zero-order valence-electron chi connectivity index (χ0n) is 16.5. The van der Waals surface area contributed by atoms with Crippen molar-refractivity contribution in [1.29, 1.82) is 5.26 Å². The van der Waals surface area contributed by atoms with Gasteiger partial charge in [0.15, 0.2) is 0 Å². The summed E-state index contributed by atoms with van der Waals surface area (Å²) in [5.74, 6) is 0.682. The van der Waals surface area contributed by atoms with Crippen molar-refractivity contribution in [3.05, 3.63) is 29.1 Å². The lowest BCUT2D eigenvalue weighted by Gasteiger charge is -2.13. The molecule has 0 aliphatic rings. The number of benzene rings is 2. The highest BCUT2D eigenvalue weighted by Crippen LogP contribution is 2.39. The van der Waals surface area contributed by atoms with E-state index in [-0.39, 0.29) is 34.8 Å². The molecule has 0 N–H and O–H groups in total. The maximum Gasteiger partial charge on any atom is 0.278 e. The van der Waals surface area contributed by atoms with Crippen molar-refractivity contribution >= 4 is 38.5 Å². The average Bonchev–Trinajstić information content (AvgIpc) is 2.81. The van der Waals surface area contributed by atoms with E-state index in [1.54, 1.807) is 12.1 Å². The van der Waals surface area contributed by atoms with Crippen LogP contribution in [-0.2, 0) is 0 Å². The minimum atomic E-state index is 0.167. The maximum atomic E-state index is 9.49. The van der Waals surface area contributed by atoms with Crippen molar-refractivity contribution in [3.63, 3.8) is 0 Å². The third-order valence-corrected chi connectivity index (χ3v) is 4.55. The van der Waals surface area contributed by atoms with Crippen molar-refractivity contribution in [2.24, 2.45) is 0 Å². The van der Waals surface area contributed by atoms with Gasteiger partial charge in [-0.2, -0.15) is 5.26 Å². The SMILES string of the molecule is [C-]#[N+]c1cc2c(cc1C#N)c1nc(OC)c(OC)nc1c1nc(OC)c(OC)nc21. The fourth-order valence-corrected chi connectivity index (χ4v) is 3.21. The second kappa shape index (κ2) is 7.18. The van der Waals surface area contributed by atoms with Gasteiger partial charge in [0.1, 0.15) is 22.1 Å². The summed E-state index contributed by atoms with van der Waals surface area (Å²) >= 11 is 0. The molecule has 0 bridgehead atoms. The number of aromatic nitrogens is 4. The molecular weight excluding hydrogens is 388 g/mol. The van der Waals surface area contributed by atoms with Crippen LogP contribution in [0.15, 0.2) is 12.1 Å². The van der Waals surface area contributed by atoms with Gasteiger partial charge in [-0.3, -0.25) is 0 Å². The van der Waals surface area contributed by atoms with Crippen molar-refractivity contribution < 1.29 is 18.9 Å². The van der Waals surface area contributed by atoms with Crippen LogP contribution < -0.4 is 18.9 Å². The second-order valence-corrected chi connectivity index (χ2v) is 6.02. The molecule has 0 spiro atoms. The predicted octanol–water partition coefficient (Wildman–Crippen LogP) is 3.18. The smallest absolute Gasteiger partial charge is 0.278 e. The molecule has 2 aromatic heterocycles. The molecule has 0 saturated heterocycles. The fourth-order valence-electron chi connectivity index (χ4n) is 3.21. The quantitative estimate of drug-likeness (QED) is 0.375. The van der Waals surface area contributed by atoms with E-state index in [4.69, 9.17) is 25.5 Å². The van der Waals surface area contributed by atoms with Crippen molar-refractivity contribution in [3.8, 4) is 29.6 Å². The lowest BCUT2D eigenvalue weighted by molar-refractivity contribution is 0.333. The van der Waals surface area contributed by atoms with E-state index in [9.17, 15) is 5.26 Å². The zero-order valence-corrected chi connectivity index (χ0v) is 16.5. The van der Waals surface area contributed by atoms with Gasteiger partial charge in [-0.05, 0) is 12.1 Å². The lowest BCUT2D eigenvalue weighted by atomic mass is 10.0. The molecular formula is C20H14N6O4. The molecule has 0 aliphatic carbocycles. The summed E-state index contributed by atoms with van der Waals surface area (Å²) in [6.45, 7) is 7.42. The molecule has 148 valence electrons. The number of nitrogens with zero attached hydrogens (tertiary/aromatic N) is 6. The third kappa shape index (κ3) is 2.63. The van der Waals surface area contributed by atoms with Crippen molar-refractivity contribution in [1.82, 2.24) is 19.9 Å². The molecule has 4 rings (SSSR count). The fraction of sp³-hybridized carbons (Fsp3) is 0.200. The second-order valence-electron chi connectivity index (χ2n) is 6.02. The van der Waals surface area contributed by atoms with Gasteiger partial charge in [-0.25, -0.2) is 24.8 Å². The first-order valence-corrected chi connectivity index (χ1v) is 8.56. The van der Waals surface area contributed by atoms with Gasteiger partial charge in [0.05, 0.1) is 46.6 Å². The van der Waals surface area contributed by atoms with E-state index in [1.165, 1.54) is 28.4 Å². The Morgan fingerprint density at radius 2 is 1.13 bits per heavy atom. The number of hydrogen-bond donors (Lipinski definition) is 0. The molecule has 10 nitrogen and oxygen atoms in total. The Morgan fingerprint density at radius 1 is 0.733 bits per heavy atom. The normalized spacial score (nSPS) is 10.6. The summed E-state index contributed by atoms with van der Waals surface area (Å²) in [5.41, 5.74) is 2.00. The minimum absolute atomic E-state index is 0.167. The Morgan fingerprint density at radius 3 is 1.50 bits per heavy atom. The average molecular weight is 402 g/mol. The number of fused-ring (bicyclic) bond motifs is 6. The van der Waals surface area contributed by atoms with Crippen LogP contribution in [0.2, 0.25) is 0 Å². The van der Waals surface area contributed by atoms with Gasteiger partial charge in [0.2, 0.25) is 5.69 Å². The Hall–Kier alpha value is -4.44. The topological polar surface area (TPSA) is 117 Å². The Bertz CT molecular complexity index is 1310. The van der Waals surface area contributed by atoms with Crippen molar-refractivity contribution in [2.45, 2.75) is 0 Å². The number of hydrogen-bond acceptors (Lipinski definition) is 9.